The third-order valence-electron chi connectivity index (χ3n) is 4.31. The van der Waals surface area contributed by atoms with Crippen molar-refractivity contribution in [3.8, 4) is 0 Å². The summed E-state index contributed by atoms with van der Waals surface area (Å²) in [5.74, 6) is -0.708. The van der Waals surface area contributed by atoms with E-state index in [4.69, 9.17) is 11.6 Å². The van der Waals surface area contributed by atoms with Crippen LogP contribution in [0.2, 0.25) is 5.02 Å². The van der Waals surface area contributed by atoms with Gasteiger partial charge in [0.05, 0.1) is 4.90 Å². The van der Waals surface area contributed by atoms with Gasteiger partial charge in [0.2, 0.25) is 15.9 Å². The molecule has 0 aliphatic carbocycles. The first-order valence-electron chi connectivity index (χ1n) is 8.17. The summed E-state index contributed by atoms with van der Waals surface area (Å²) < 4.78 is 39.8. The first-order valence-corrected chi connectivity index (χ1v) is 9.99. The minimum absolute atomic E-state index is 0.111. The van der Waals surface area contributed by atoms with Gasteiger partial charge in [-0.2, -0.15) is 4.31 Å². The quantitative estimate of drug-likeness (QED) is 0.845. The number of carbonyl (C=O) groups is 1. The second-order valence-corrected chi connectivity index (χ2v) is 8.40. The molecule has 5 nitrogen and oxygen atoms in total. The highest BCUT2D eigenvalue weighted by Crippen LogP contribution is 2.27. The van der Waals surface area contributed by atoms with Crippen LogP contribution in [0.3, 0.4) is 0 Å². The average molecular weight is 397 g/mol. The second kappa shape index (κ2) is 7.73. The zero-order chi connectivity index (χ0) is 18.7. The second-order valence-electron chi connectivity index (χ2n) is 6.07. The zero-order valence-electron chi connectivity index (χ0n) is 13.9. The van der Waals surface area contributed by atoms with Gasteiger partial charge in [0.15, 0.2) is 0 Å². The van der Waals surface area contributed by atoms with Crippen LogP contribution in [-0.4, -0.2) is 31.2 Å². The topological polar surface area (TPSA) is 66.5 Å². The zero-order valence-corrected chi connectivity index (χ0v) is 15.4. The number of nitrogens with zero attached hydrogens (tertiary/aromatic N) is 1. The number of amides is 1. The number of nitrogens with one attached hydrogen (secondary N) is 1. The van der Waals surface area contributed by atoms with Gasteiger partial charge in [0.25, 0.3) is 0 Å². The Bertz CT molecular complexity index is 886. The number of benzene rings is 2. The Balaban J connectivity index is 1.71. The Morgan fingerprint density at radius 1 is 1.15 bits per heavy atom. The fourth-order valence-corrected chi connectivity index (χ4v) is 4.72. The summed E-state index contributed by atoms with van der Waals surface area (Å²) in [5.41, 5.74) is 0.741. The molecular weight excluding hydrogens is 379 g/mol. The molecule has 1 N–H and O–H groups in total. The summed E-state index contributed by atoms with van der Waals surface area (Å²) in [4.78, 5) is 12.6. The summed E-state index contributed by atoms with van der Waals surface area (Å²) in [6, 6.07) is 10.9. The van der Waals surface area contributed by atoms with E-state index in [0.717, 1.165) is 5.56 Å². The molecule has 0 saturated carbocycles. The van der Waals surface area contributed by atoms with E-state index in [-0.39, 0.29) is 23.2 Å². The van der Waals surface area contributed by atoms with Crippen LogP contribution in [0.1, 0.15) is 18.4 Å². The lowest BCUT2D eigenvalue weighted by Gasteiger charge is -2.23. The van der Waals surface area contributed by atoms with Crippen molar-refractivity contribution in [2.75, 3.05) is 6.54 Å². The molecule has 0 radical (unpaired) electrons. The van der Waals surface area contributed by atoms with E-state index in [1.807, 2.05) is 0 Å². The Morgan fingerprint density at radius 3 is 2.46 bits per heavy atom. The molecular formula is C18H18ClFN2O3S. The molecule has 1 aliphatic rings. The molecule has 2 aromatic carbocycles. The SMILES string of the molecule is O=C(NCc1ccc(F)cc1)[C@@H]1CCCN1S(=O)(=O)c1ccc(Cl)cc1. The number of rotatable bonds is 5. The molecule has 1 atom stereocenters. The summed E-state index contributed by atoms with van der Waals surface area (Å²) in [5, 5.41) is 3.18. The van der Waals surface area contributed by atoms with E-state index < -0.39 is 16.1 Å². The van der Waals surface area contributed by atoms with Gasteiger partial charge >= 0.3 is 0 Å². The molecule has 3 rings (SSSR count). The minimum Gasteiger partial charge on any atom is -0.351 e. The molecule has 1 heterocycles. The van der Waals surface area contributed by atoms with E-state index in [0.29, 0.717) is 24.4 Å². The highest BCUT2D eigenvalue weighted by atomic mass is 35.5. The van der Waals surface area contributed by atoms with Crippen molar-refractivity contribution in [2.45, 2.75) is 30.3 Å². The van der Waals surface area contributed by atoms with Crippen LogP contribution in [0.25, 0.3) is 0 Å². The highest BCUT2D eigenvalue weighted by molar-refractivity contribution is 7.89. The number of hydrogen-bond donors (Lipinski definition) is 1. The predicted molar refractivity (Wildman–Crippen MR) is 96.6 cm³/mol. The molecule has 1 saturated heterocycles. The first-order chi connectivity index (χ1) is 12.4. The fraction of sp³-hybridized carbons (Fsp3) is 0.278. The minimum atomic E-state index is -3.77. The Morgan fingerprint density at radius 2 is 1.81 bits per heavy atom. The maximum Gasteiger partial charge on any atom is 0.243 e. The molecule has 2 aromatic rings. The Kier molecular flexibility index (Phi) is 5.60. The molecule has 26 heavy (non-hydrogen) atoms. The largest absolute Gasteiger partial charge is 0.351 e. The maximum absolute atomic E-state index is 12.9. The summed E-state index contributed by atoms with van der Waals surface area (Å²) in [6.07, 6.45) is 1.07. The fourth-order valence-electron chi connectivity index (χ4n) is 2.94. The van der Waals surface area contributed by atoms with Crippen LogP contribution in [-0.2, 0) is 21.4 Å². The monoisotopic (exact) mass is 396 g/mol. The lowest BCUT2D eigenvalue weighted by atomic mass is 10.2. The van der Waals surface area contributed by atoms with E-state index in [9.17, 15) is 17.6 Å². The smallest absolute Gasteiger partial charge is 0.243 e. The van der Waals surface area contributed by atoms with E-state index in [1.165, 1.54) is 40.7 Å². The van der Waals surface area contributed by atoms with Crippen LogP contribution >= 0.6 is 11.6 Å². The Hall–Kier alpha value is -1.96. The van der Waals surface area contributed by atoms with Gasteiger partial charge in [-0.3, -0.25) is 4.79 Å². The lowest BCUT2D eigenvalue weighted by molar-refractivity contribution is -0.124. The summed E-state index contributed by atoms with van der Waals surface area (Å²) in [6.45, 7) is 0.504. The summed E-state index contributed by atoms with van der Waals surface area (Å²) >= 11 is 5.81. The van der Waals surface area contributed by atoms with E-state index in [1.54, 1.807) is 12.1 Å². The number of carbonyl (C=O) groups excluding carboxylic acids is 1. The lowest BCUT2D eigenvalue weighted by Crippen LogP contribution is -2.45. The molecule has 138 valence electrons. The molecule has 1 fully saturated rings. The van der Waals surface area contributed by atoms with Gasteiger partial charge < -0.3 is 5.32 Å². The van der Waals surface area contributed by atoms with E-state index >= 15 is 0 Å². The van der Waals surface area contributed by atoms with Gasteiger partial charge in [0, 0.05) is 18.1 Å². The van der Waals surface area contributed by atoms with Crippen molar-refractivity contribution in [2.24, 2.45) is 0 Å². The van der Waals surface area contributed by atoms with Gasteiger partial charge in [-0.05, 0) is 54.8 Å². The summed E-state index contributed by atoms with van der Waals surface area (Å²) in [7, 11) is -3.77. The van der Waals surface area contributed by atoms with Crippen LogP contribution in [0.15, 0.2) is 53.4 Å². The standard InChI is InChI=1S/C18H18ClFN2O3S/c19-14-5-9-16(10-6-14)26(24,25)22-11-1-2-17(22)18(23)21-12-13-3-7-15(20)8-4-13/h3-10,17H,1-2,11-12H2,(H,21,23)/t17-/m0/s1. The third kappa shape index (κ3) is 4.06. The Labute approximate surface area is 156 Å². The normalized spacial score (nSPS) is 18.0. The maximum atomic E-state index is 12.9. The van der Waals surface area contributed by atoms with Gasteiger partial charge in [0.1, 0.15) is 11.9 Å². The molecule has 0 bridgehead atoms. The van der Waals surface area contributed by atoms with Crippen molar-refractivity contribution in [1.82, 2.24) is 9.62 Å². The average Bonchev–Trinajstić information content (AvgIpc) is 3.12. The van der Waals surface area contributed by atoms with Crippen molar-refractivity contribution >= 4 is 27.5 Å². The third-order valence-corrected chi connectivity index (χ3v) is 6.48. The van der Waals surface area contributed by atoms with Gasteiger partial charge in [-0.25, -0.2) is 12.8 Å². The van der Waals surface area contributed by atoms with Crippen LogP contribution < -0.4 is 5.32 Å². The molecule has 1 amide bonds. The molecule has 0 aromatic heterocycles. The van der Waals surface area contributed by atoms with Crippen molar-refractivity contribution < 1.29 is 17.6 Å². The number of hydrogen-bond acceptors (Lipinski definition) is 3. The van der Waals surface area contributed by atoms with Crippen LogP contribution in [0.4, 0.5) is 4.39 Å². The van der Waals surface area contributed by atoms with Gasteiger partial charge in [-0.15, -0.1) is 0 Å². The molecule has 0 unspecified atom stereocenters. The van der Waals surface area contributed by atoms with Crippen molar-refractivity contribution in [3.05, 3.63) is 64.9 Å². The van der Waals surface area contributed by atoms with Crippen molar-refractivity contribution in [1.29, 1.82) is 0 Å². The van der Waals surface area contributed by atoms with Crippen LogP contribution in [0, 0.1) is 5.82 Å². The van der Waals surface area contributed by atoms with Gasteiger partial charge in [-0.1, -0.05) is 23.7 Å². The van der Waals surface area contributed by atoms with E-state index in [2.05, 4.69) is 5.32 Å². The molecule has 0 spiro atoms. The highest BCUT2D eigenvalue weighted by Gasteiger charge is 2.39. The molecule has 1 aliphatic heterocycles. The number of halogens is 2. The molecule has 8 heteroatoms. The van der Waals surface area contributed by atoms with Crippen molar-refractivity contribution in [3.63, 3.8) is 0 Å². The predicted octanol–water partition coefficient (Wildman–Crippen LogP) is 2.95. The van der Waals surface area contributed by atoms with Crippen LogP contribution in [0.5, 0.6) is 0 Å². The first kappa shape index (κ1) is 18.8. The number of sulfonamides is 1.